The van der Waals surface area contributed by atoms with E-state index in [0.717, 1.165) is 24.0 Å². The molecule has 1 aliphatic rings. The van der Waals surface area contributed by atoms with Gasteiger partial charge >= 0.3 is 0 Å². The maximum absolute atomic E-state index is 4.58. The Labute approximate surface area is 118 Å². The number of aryl methyl sites for hydroxylation is 1. The molecule has 0 fully saturated rings. The first kappa shape index (κ1) is 13.9. The minimum atomic E-state index is 0.386. The Morgan fingerprint density at radius 1 is 1.44 bits per heavy atom. The van der Waals surface area contributed by atoms with E-state index in [9.17, 15) is 0 Å². The van der Waals surface area contributed by atoms with E-state index in [1.54, 1.807) is 11.3 Å². The Kier molecular flexibility index (Phi) is 4.33. The van der Waals surface area contributed by atoms with Crippen LogP contribution < -0.4 is 5.32 Å². The summed E-state index contributed by atoms with van der Waals surface area (Å²) in [7, 11) is 0. The Balaban J connectivity index is 1.78. The molecule has 2 rings (SSSR count). The van der Waals surface area contributed by atoms with E-state index >= 15 is 0 Å². The summed E-state index contributed by atoms with van der Waals surface area (Å²) in [6.07, 6.45) is 1.21. The van der Waals surface area contributed by atoms with Gasteiger partial charge in [0.2, 0.25) is 0 Å². The molecule has 1 aromatic heterocycles. The summed E-state index contributed by atoms with van der Waals surface area (Å²) in [5.41, 5.74) is 3.41. The van der Waals surface area contributed by atoms with Gasteiger partial charge in [-0.05, 0) is 18.8 Å². The summed E-state index contributed by atoms with van der Waals surface area (Å²) in [4.78, 5) is 10.1. The van der Waals surface area contributed by atoms with Gasteiger partial charge in [0.1, 0.15) is 0 Å². The van der Waals surface area contributed by atoms with E-state index in [0.29, 0.717) is 10.7 Å². The molecule has 100 valence electrons. The molecule has 1 unspecified atom stereocenters. The van der Waals surface area contributed by atoms with Crippen LogP contribution in [-0.4, -0.2) is 21.9 Å². The van der Waals surface area contributed by atoms with Crippen LogP contribution in [0.5, 0.6) is 0 Å². The first-order valence-corrected chi connectivity index (χ1v) is 8.04. The summed E-state index contributed by atoms with van der Waals surface area (Å²) in [5.74, 6) is 0. The van der Waals surface area contributed by atoms with Crippen LogP contribution in [0.25, 0.3) is 0 Å². The molecule has 5 heteroatoms. The summed E-state index contributed by atoms with van der Waals surface area (Å²) in [6.45, 7) is 10.7. The number of hydrogen-bond donors (Lipinski definition) is 1. The average molecular weight is 283 g/mol. The molecule has 0 amide bonds. The van der Waals surface area contributed by atoms with Gasteiger partial charge in [0.15, 0.2) is 5.17 Å². The highest BCUT2D eigenvalue weighted by atomic mass is 32.2. The zero-order valence-corrected chi connectivity index (χ0v) is 13.1. The van der Waals surface area contributed by atoms with E-state index < -0.39 is 0 Å². The lowest BCUT2D eigenvalue weighted by Crippen LogP contribution is -2.20. The van der Waals surface area contributed by atoms with Gasteiger partial charge in [-0.1, -0.05) is 32.5 Å². The number of nitrogens with zero attached hydrogens (tertiary/aromatic N) is 2. The molecule has 1 aliphatic heterocycles. The first-order chi connectivity index (χ1) is 8.44. The van der Waals surface area contributed by atoms with Gasteiger partial charge in [-0.2, -0.15) is 0 Å². The predicted molar refractivity (Wildman–Crippen MR) is 81.4 cm³/mol. The smallest absolute Gasteiger partial charge is 0.157 e. The molecule has 0 saturated carbocycles. The lowest BCUT2D eigenvalue weighted by atomic mass is 9.90. The molecule has 0 saturated heterocycles. The largest absolute Gasteiger partial charge is 0.360 e. The van der Waals surface area contributed by atoms with E-state index in [4.69, 9.17) is 0 Å². The Morgan fingerprint density at radius 3 is 2.83 bits per heavy atom. The van der Waals surface area contributed by atoms with Crippen LogP contribution in [0.4, 0.5) is 0 Å². The van der Waals surface area contributed by atoms with Gasteiger partial charge in [-0.25, -0.2) is 4.98 Å². The quantitative estimate of drug-likeness (QED) is 0.923. The number of thioether (sulfide) groups is 1. The van der Waals surface area contributed by atoms with Crippen molar-refractivity contribution in [2.75, 3.05) is 6.54 Å². The van der Waals surface area contributed by atoms with Gasteiger partial charge in [0.05, 0.1) is 24.3 Å². The second kappa shape index (κ2) is 5.61. The third-order valence-electron chi connectivity index (χ3n) is 2.80. The molecule has 1 aromatic rings. The highest BCUT2D eigenvalue weighted by molar-refractivity contribution is 8.14. The normalized spacial score (nSPS) is 20.0. The van der Waals surface area contributed by atoms with Crippen molar-refractivity contribution < 1.29 is 0 Å². The molecule has 0 aromatic carbocycles. The molecule has 3 nitrogen and oxygen atoms in total. The molecular formula is C13H21N3S2. The van der Waals surface area contributed by atoms with E-state index in [1.165, 1.54) is 11.3 Å². The molecule has 1 atom stereocenters. The third-order valence-corrected chi connectivity index (χ3v) is 4.88. The van der Waals surface area contributed by atoms with Crippen LogP contribution >= 0.6 is 23.1 Å². The van der Waals surface area contributed by atoms with Crippen molar-refractivity contribution >= 4 is 28.3 Å². The number of rotatable bonds is 3. The van der Waals surface area contributed by atoms with E-state index in [-0.39, 0.29) is 0 Å². The molecule has 18 heavy (non-hydrogen) atoms. The van der Waals surface area contributed by atoms with Gasteiger partial charge in [0.25, 0.3) is 0 Å². The topological polar surface area (TPSA) is 37.3 Å². The fraction of sp³-hybridized carbons (Fsp3) is 0.692. The van der Waals surface area contributed by atoms with Gasteiger partial charge in [-0.3, -0.25) is 4.99 Å². The third kappa shape index (κ3) is 3.99. The highest BCUT2D eigenvalue weighted by Gasteiger charge is 2.24. The summed E-state index contributed by atoms with van der Waals surface area (Å²) in [6, 6.07) is 0. The molecule has 0 aliphatic carbocycles. The standard InChI is InChI=1S/C13H21N3S2/c1-9-11(17-8-16-9)7-15-12-14-6-10(18-12)5-13(2,3)4/h8,10H,5-7H2,1-4H3,(H,14,15). The molecule has 0 radical (unpaired) electrons. The van der Waals surface area contributed by atoms with Crippen molar-refractivity contribution in [2.45, 2.75) is 45.9 Å². The van der Waals surface area contributed by atoms with Gasteiger partial charge < -0.3 is 5.32 Å². The van der Waals surface area contributed by atoms with Crippen LogP contribution in [0, 0.1) is 12.3 Å². The predicted octanol–water partition coefficient (Wildman–Crippen LogP) is 3.45. The second-order valence-electron chi connectivity index (χ2n) is 5.86. The summed E-state index contributed by atoms with van der Waals surface area (Å²) in [5, 5.41) is 5.15. The van der Waals surface area contributed by atoms with Gasteiger partial charge in [-0.15, -0.1) is 11.3 Å². The van der Waals surface area contributed by atoms with Crippen molar-refractivity contribution in [3.05, 3.63) is 16.1 Å². The maximum atomic E-state index is 4.58. The first-order valence-electron chi connectivity index (χ1n) is 6.28. The van der Waals surface area contributed by atoms with E-state index in [2.05, 4.69) is 43.0 Å². The highest BCUT2D eigenvalue weighted by Crippen LogP contribution is 2.31. The van der Waals surface area contributed by atoms with Gasteiger partial charge in [0, 0.05) is 10.1 Å². The van der Waals surface area contributed by atoms with Crippen LogP contribution in [0.3, 0.4) is 0 Å². The van der Waals surface area contributed by atoms with Crippen molar-refractivity contribution in [1.29, 1.82) is 0 Å². The van der Waals surface area contributed by atoms with Crippen LogP contribution in [0.1, 0.15) is 37.8 Å². The number of aliphatic imine (C=N–C) groups is 1. The number of aromatic nitrogens is 1. The minimum Gasteiger partial charge on any atom is -0.360 e. The Morgan fingerprint density at radius 2 is 2.22 bits per heavy atom. The molecule has 0 spiro atoms. The number of thiazole rings is 1. The Hall–Kier alpha value is -0.550. The molecule has 0 bridgehead atoms. The van der Waals surface area contributed by atoms with Crippen molar-refractivity contribution in [1.82, 2.24) is 10.3 Å². The second-order valence-corrected chi connectivity index (χ2v) is 8.09. The summed E-state index contributed by atoms with van der Waals surface area (Å²) >= 11 is 3.59. The van der Waals surface area contributed by atoms with Crippen LogP contribution in [0.15, 0.2) is 10.5 Å². The molecular weight excluding hydrogens is 262 g/mol. The fourth-order valence-electron chi connectivity index (χ4n) is 1.96. The summed E-state index contributed by atoms with van der Waals surface area (Å²) < 4.78 is 0. The monoisotopic (exact) mass is 283 g/mol. The fourth-order valence-corrected chi connectivity index (χ4v) is 4.03. The van der Waals surface area contributed by atoms with E-state index in [1.807, 2.05) is 17.3 Å². The Bertz CT molecular complexity index is 432. The molecule has 1 N–H and O–H groups in total. The average Bonchev–Trinajstić information content (AvgIpc) is 2.82. The number of nitrogens with one attached hydrogen (secondary N) is 1. The van der Waals surface area contributed by atoms with Crippen molar-refractivity contribution in [3.63, 3.8) is 0 Å². The lowest BCUT2D eigenvalue weighted by molar-refractivity contribution is 0.375. The van der Waals surface area contributed by atoms with Crippen molar-refractivity contribution in [3.8, 4) is 0 Å². The SMILES string of the molecule is Cc1ncsc1CNC1=NCC(CC(C)(C)C)S1. The van der Waals surface area contributed by atoms with Crippen LogP contribution in [0.2, 0.25) is 0 Å². The maximum Gasteiger partial charge on any atom is 0.157 e. The zero-order valence-electron chi connectivity index (χ0n) is 11.5. The minimum absolute atomic E-state index is 0.386. The van der Waals surface area contributed by atoms with Crippen molar-refractivity contribution in [2.24, 2.45) is 10.4 Å². The lowest BCUT2D eigenvalue weighted by Gasteiger charge is -2.21. The molecule has 2 heterocycles. The van der Waals surface area contributed by atoms with Crippen LogP contribution in [-0.2, 0) is 6.54 Å². The zero-order chi connectivity index (χ0) is 13.2. The number of hydrogen-bond acceptors (Lipinski definition) is 5. The number of amidine groups is 1.